The maximum atomic E-state index is 12.1. The van der Waals surface area contributed by atoms with Gasteiger partial charge in [0.15, 0.2) is 0 Å². The molecule has 1 N–H and O–H groups in total. The SMILES string of the molecule is O=S(=O)(NCC1Cc2ccccc21)c1cnc(Cl)nc1. The van der Waals surface area contributed by atoms with Crippen LogP contribution in [0.3, 0.4) is 0 Å². The summed E-state index contributed by atoms with van der Waals surface area (Å²) < 4.78 is 26.7. The van der Waals surface area contributed by atoms with Gasteiger partial charge >= 0.3 is 0 Å². The van der Waals surface area contributed by atoms with Crippen LogP contribution in [0.4, 0.5) is 0 Å². The minimum Gasteiger partial charge on any atom is -0.225 e. The van der Waals surface area contributed by atoms with Crippen molar-refractivity contribution in [3.63, 3.8) is 0 Å². The van der Waals surface area contributed by atoms with Gasteiger partial charge in [-0.05, 0) is 29.1 Å². The van der Waals surface area contributed by atoms with E-state index in [9.17, 15) is 8.42 Å². The Bertz CT molecular complexity index is 732. The van der Waals surface area contributed by atoms with Crippen molar-refractivity contribution in [2.45, 2.75) is 17.2 Å². The summed E-state index contributed by atoms with van der Waals surface area (Å²) in [6.45, 7) is 0.377. The molecule has 5 nitrogen and oxygen atoms in total. The van der Waals surface area contributed by atoms with E-state index in [2.05, 4.69) is 20.8 Å². The second-order valence-corrected chi connectivity index (χ2v) is 6.74. The standard InChI is InChI=1S/C13H12ClN3O2S/c14-13-15-7-11(8-16-13)20(18,19)17-6-10-5-9-3-1-2-4-12(9)10/h1-4,7-8,10,17H,5-6H2. The van der Waals surface area contributed by atoms with Crippen molar-refractivity contribution in [3.05, 3.63) is 53.1 Å². The summed E-state index contributed by atoms with van der Waals surface area (Å²) in [7, 11) is -3.58. The quantitative estimate of drug-likeness (QED) is 0.873. The first-order valence-electron chi connectivity index (χ1n) is 6.11. The van der Waals surface area contributed by atoms with Crippen molar-refractivity contribution < 1.29 is 8.42 Å². The Kier molecular flexibility index (Phi) is 3.45. The van der Waals surface area contributed by atoms with Gasteiger partial charge in [0, 0.05) is 12.5 Å². The zero-order chi connectivity index (χ0) is 14.2. The van der Waals surface area contributed by atoms with Gasteiger partial charge in [0.25, 0.3) is 0 Å². The highest BCUT2D eigenvalue weighted by Gasteiger charge is 2.27. The molecule has 1 aliphatic carbocycles. The van der Waals surface area contributed by atoms with Crippen molar-refractivity contribution in [3.8, 4) is 0 Å². The number of fused-ring (bicyclic) bond motifs is 1. The van der Waals surface area contributed by atoms with Gasteiger partial charge in [-0.3, -0.25) is 0 Å². The van der Waals surface area contributed by atoms with E-state index in [-0.39, 0.29) is 16.1 Å². The molecule has 0 amide bonds. The summed E-state index contributed by atoms with van der Waals surface area (Å²) in [5.74, 6) is 0.231. The number of benzene rings is 1. The van der Waals surface area contributed by atoms with Crippen LogP contribution in [0.5, 0.6) is 0 Å². The van der Waals surface area contributed by atoms with Gasteiger partial charge in [0.2, 0.25) is 15.3 Å². The van der Waals surface area contributed by atoms with Gasteiger partial charge in [-0.2, -0.15) is 0 Å². The molecule has 1 heterocycles. The molecule has 1 aromatic carbocycles. The fraction of sp³-hybridized carbons (Fsp3) is 0.231. The van der Waals surface area contributed by atoms with E-state index in [0.717, 1.165) is 6.42 Å². The van der Waals surface area contributed by atoms with Gasteiger partial charge in [0.05, 0.1) is 12.4 Å². The van der Waals surface area contributed by atoms with E-state index in [1.807, 2.05) is 18.2 Å². The minimum absolute atomic E-state index is 0.0227. The Labute approximate surface area is 122 Å². The molecule has 0 saturated heterocycles. The highest BCUT2D eigenvalue weighted by Crippen LogP contribution is 2.34. The molecule has 0 radical (unpaired) electrons. The second kappa shape index (κ2) is 5.12. The lowest BCUT2D eigenvalue weighted by Gasteiger charge is -2.30. The molecule has 20 heavy (non-hydrogen) atoms. The lowest BCUT2D eigenvalue weighted by atomic mass is 9.78. The number of hydrogen-bond acceptors (Lipinski definition) is 4. The number of halogens is 1. The Hall–Kier alpha value is -1.50. The molecule has 0 saturated carbocycles. The Morgan fingerprint density at radius 2 is 1.95 bits per heavy atom. The maximum absolute atomic E-state index is 12.1. The van der Waals surface area contributed by atoms with E-state index >= 15 is 0 Å². The number of hydrogen-bond donors (Lipinski definition) is 1. The van der Waals surface area contributed by atoms with Crippen LogP contribution < -0.4 is 4.72 Å². The van der Waals surface area contributed by atoms with Crippen LogP contribution in [0.1, 0.15) is 17.0 Å². The molecular weight excluding hydrogens is 298 g/mol. The highest BCUT2D eigenvalue weighted by atomic mass is 35.5. The van der Waals surface area contributed by atoms with E-state index in [1.54, 1.807) is 0 Å². The first kappa shape index (κ1) is 13.5. The lowest BCUT2D eigenvalue weighted by molar-refractivity contribution is 0.551. The van der Waals surface area contributed by atoms with Crippen LogP contribution in [-0.4, -0.2) is 24.9 Å². The average Bonchev–Trinajstić information content (AvgIpc) is 2.40. The average molecular weight is 310 g/mol. The molecule has 1 atom stereocenters. The summed E-state index contributed by atoms with van der Waals surface area (Å²) >= 11 is 5.54. The van der Waals surface area contributed by atoms with Crippen molar-refractivity contribution >= 4 is 21.6 Å². The molecule has 3 rings (SSSR count). The fourth-order valence-corrected chi connectivity index (χ4v) is 3.35. The van der Waals surface area contributed by atoms with Gasteiger partial charge in [-0.1, -0.05) is 24.3 Å². The summed E-state index contributed by atoms with van der Waals surface area (Å²) in [6, 6.07) is 8.05. The monoisotopic (exact) mass is 309 g/mol. The zero-order valence-electron chi connectivity index (χ0n) is 10.5. The van der Waals surface area contributed by atoms with Crippen molar-refractivity contribution in [2.24, 2.45) is 0 Å². The summed E-state index contributed by atoms with van der Waals surface area (Å²) in [5.41, 5.74) is 2.49. The molecule has 0 spiro atoms. The van der Waals surface area contributed by atoms with Crippen LogP contribution in [0.2, 0.25) is 5.28 Å². The molecule has 1 aliphatic rings. The predicted octanol–water partition coefficient (Wildman–Crippen LogP) is 1.75. The molecule has 7 heteroatoms. The van der Waals surface area contributed by atoms with Gasteiger partial charge < -0.3 is 0 Å². The van der Waals surface area contributed by atoms with Crippen molar-refractivity contribution in [1.29, 1.82) is 0 Å². The Balaban J connectivity index is 1.68. The lowest BCUT2D eigenvalue weighted by Crippen LogP contribution is -2.33. The third-order valence-corrected chi connectivity index (χ3v) is 4.96. The molecule has 0 fully saturated rings. The van der Waals surface area contributed by atoms with Crippen LogP contribution in [0.25, 0.3) is 0 Å². The number of rotatable bonds is 4. The topological polar surface area (TPSA) is 72.0 Å². The Morgan fingerprint density at radius 1 is 1.25 bits per heavy atom. The minimum atomic E-state index is -3.58. The van der Waals surface area contributed by atoms with Crippen molar-refractivity contribution in [1.82, 2.24) is 14.7 Å². The molecule has 0 bridgehead atoms. The smallest absolute Gasteiger partial charge is 0.225 e. The molecule has 1 unspecified atom stereocenters. The summed E-state index contributed by atoms with van der Waals surface area (Å²) in [4.78, 5) is 7.38. The summed E-state index contributed by atoms with van der Waals surface area (Å²) in [5, 5.41) is 0.0249. The molecule has 0 aliphatic heterocycles. The Morgan fingerprint density at radius 3 is 2.65 bits per heavy atom. The molecule has 1 aromatic heterocycles. The van der Waals surface area contributed by atoms with Gasteiger partial charge in [-0.25, -0.2) is 23.1 Å². The normalized spacial score (nSPS) is 17.4. The van der Waals surface area contributed by atoms with E-state index < -0.39 is 10.0 Å². The largest absolute Gasteiger partial charge is 0.243 e. The van der Waals surface area contributed by atoms with Gasteiger partial charge in [0.1, 0.15) is 4.90 Å². The van der Waals surface area contributed by atoms with E-state index in [1.165, 1.54) is 23.5 Å². The fourth-order valence-electron chi connectivity index (χ4n) is 2.28. The molecule has 104 valence electrons. The first-order chi connectivity index (χ1) is 9.56. The molecular formula is C13H12ClN3O2S. The van der Waals surface area contributed by atoms with Crippen LogP contribution >= 0.6 is 11.6 Å². The van der Waals surface area contributed by atoms with Crippen molar-refractivity contribution in [2.75, 3.05) is 6.54 Å². The third kappa shape index (κ3) is 2.54. The van der Waals surface area contributed by atoms with Crippen LogP contribution in [0, 0.1) is 0 Å². The molecule has 2 aromatic rings. The van der Waals surface area contributed by atoms with E-state index in [0.29, 0.717) is 6.54 Å². The zero-order valence-corrected chi connectivity index (χ0v) is 12.0. The number of aromatic nitrogens is 2. The summed E-state index contributed by atoms with van der Waals surface area (Å²) in [6.07, 6.45) is 3.30. The van der Waals surface area contributed by atoms with E-state index in [4.69, 9.17) is 11.6 Å². The van der Waals surface area contributed by atoms with Crippen LogP contribution in [0.15, 0.2) is 41.6 Å². The maximum Gasteiger partial charge on any atom is 0.243 e. The number of sulfonamides is 1. The third-order valence-electron chi connectivity index (χ3n) is 3.39. The van der Waals surface area contributed by atoms with Crippen LogP contribution in [-0.2, 0) is 16.4 Å². The van der Waals surface area contributed by atoms with Gasteiger partial charge in [-0.15, -0.1) is 0 Å². The number of nitrogens with one attached hydrogen (secondary N) is 1. The first-order valence-corrected chi connectivity index (χ1v) is 7.97. The number of nitrogens with zero attached hydrogens (tertiary/aromatic N) is 2. The highest BCUT2D eigenvalue weighted by molar-refractivity contribution is 7.89. The predicted molar refractivity (Wildman–Crippen MR) is 75.1 cm³/mol. The second-order valence-electron chi connectivity index (χ2n) is 4.64.